The molecule has 1 atom stereocenters. The topological polar surface area (TPSA) is 110 Å². The molecule has 0 aliphatic carbocycles. The van der Waals surface area contributed by atoms with Crippen molar-refractivity contribution in [2.45, 2.75) is 17.4 Å². The number of thiophene rings is 1. The van der Waals surface area contributed by atoms with Crippen LogP contribution in [-0.4, -0.2) is 25.0 Å². The van der Waals surface area contributed by atoms with Crippen LogP contribution in [0.5, 0.6) is 0 Å². The minimum atomic E-state index is -3.95. The summed E-state index contributed by atoms with van der Waals surface area (Å²) >= 11 is 1.31. The Kier molecular flexibility index (Phi) is 4.61. The Balaban J connectivity index is 2.18. The van der Waals surface area contributed by atoms with E-state index in [1.54, 1.807) is 17.5 Å². The molecule has 1 unspecified atom stereocenters. The molecule has 0 saturated heterocycles. The Morgan fingerprint density at radius 3 is 2.68 bits per heavy atom. The third kappa shape index (κ3) is 3.69. The van der Waals surface area contributed by atoms with Crippen LogP contribution in [0.2, 0.25) is 0 Å². The Morgan fingerprint density at radius 2 is 2.09 bits per heavy atom. The molecule has 2 aromatic rings. The van der Waals surface area contributed by atoms with E-state index in [9.17, 15) is 23.6 Å². The number of benzene rings is 1. The van der Waals surface area contributed by atoms with Crippen LogP contribution >= 0.6 is 11.3 Å². The number of nitrogens with one attached hydrogen (secondary N) is 1. The Morgan fingerprint density at radius 1 is 1.36 bits per heavy atom. The smallest absolute Gasteiger partial charge is 0.270 e. The van der Waals surface area contributed by atoms with Gasteiger partial charge in [-0.2, -0.15) is 0 Å². The number of rotatable bonds is 6. The highest BCUT2D eigenvalue weighted by molar-refractivity contribution is 7.89. The van der Waals surface area contributed by atoms with Gasteiger partial charge in [0.1, 0.15) is 5.60 Å². The fourth-order valence-electron chi connectivity index (χ4n) is 1.76. The SMILES string of the molecule is CC(O)(CNS(=O)(=O)c1cccc([N+](=O)[O-])c1)c1cccs1. The zero-order valence-electron chi connectivity index (χ0n) is 11.6. The van der Waals surface area contributed by atoms with Gasteiger partial charge >= 0.3 is 0 Å². The zero-order valence-corrected chi connectivity index (χ0v) is 13.2. The molecule has 2 N–H and O–H groups in total. The summed E-state index contributed by atoms with van der Waals surface area (Å²) in [4.78, 5) is 10.4. The molecular formula is C13H14N2O5S2. The number of nitro groups is 1. The maximum absolute atomic E-state index is 12.2. The molecule has 1 aromatic heterocycles. The minimum Gasteiger partial charge on any atom is -0.383 e. The molecule has 9 heteroatoms. The quantitative estimate of drug-likeness (QED) is 0.615. The van der Waals surface area contributed by atoms with Gasteiger partial charge < -0.3 is 5.11 Å². The number of nitro benzene ring substituents is 1. The van der Waals surface area contributed by atoms with Crippen LogP contribution in [0.3, 0.4) is 0 Å². The number of hydrogen-bond donors (Lipinski definition) is 2. The number of aliphatic hydroxyl groups is 1. The highest BCUT2D eigenvalue weighted by Gasteiger charge is 2.27. The monoisotopic (exact) mass is 342 g/mol. The van der Waals surface area contributed by atoms with E-state index in [0.717, 1.165) is 6.07 Å². The van der Waals surface area contributed by atoms with Crippen molar-refractivity contribution in [3.8, 4) is 0 Å². The van der Waals surface area contributed by atoms with Crippen LogP contribution < -0.4 is 4.72 Å². The van der Waals surface area contributed by atoms with E-state index in [1.165, 1.54) is 36.5 Å². The van der Waals surface area contributed by atoms with Crippen LogP contribution in [0.25, 0.3) is 0 Å². The van der Waals surface area contributed by atoms with Gasteiger partial charge in [0.25, 0.3) is 5.69 Å². The lowest BCUT2D eigenvalue weighted by atomic mass is 10.1. The molecule has 0 aliphatic rings. The molecule has 118 valence electrons. The lowest BCUT2D eigenvalue weighted by Gasteiger charge is -2.22. The van der Waals surface area contributed by atoms with E-state index >= 15 is 0 Å². The van der Waals surface area contributed by atoms with Crippen molar-refractivity contribution in [2.24, 2.45) is 0 Å². The van der Waals surface area contributed by atoms with Gasteiger partial charge in [0.15, 0.2) is 0 Å². The third-order valence-corrected chi connectivity index (χ3v) is 5.52. The van der Waals surface area contributed by atoms with Gasteiger partial charge in [0.2, 0.25) is 10.0 Å². The van der Waals surface area contributed by atoms with E-state index in [2.05, 4.69) is 4.72 Å². The summed E-state index contributed by atoms with van der Waals surface area (Å²) in [6.45, 7) is 1.26. The standard InChI is InChI=1S/C13H14N2O5S2/c1-13(16,12-6-3-7-21-12)9-14-22(19,20)11-5-2-4-10(8-11)15(17)18/h2-8,14,16H,9H2,1H3. The molecule has 0 bridgehead atoms. The van der Waals surface area contributed by atoms with Crippen molar-refractivity contribution in [3.63, 3.8) is 0 Å². The molecule has 7 nitrogen and oxygen atoms in total. The fourth-order valence-corrected chi connectivity index (χ4v) is 3.71. The summed E-state index contributed by atoms with van der Waals surface area (Å²) in [7, 11) is -3.95. The molecule has 0 saturated carbocycles. The van der Waals surface area contributed by atoms with Crippen molar-refractivity contribution in [2.75, 3.05) is 6.54 Å². The first-order valence-corrected chi connectivity index (χ1v) is 8.59. The second kappa shape index (κ2) is 6.13. The van der Waals surface area contributed by atoms with E-state index in [1.807, 2.05) is 0 Å². The molecule has 0 amide bonds. The summed E-state index contributed by atoms with van der Waals surface area (Å²) in [5, 5.41) is 22.8. The summed E-state index contributed by atoms with van der Waals surface area (Å²) in [5.74, 6) is 0. The first-order valence-electron chi connectivity index (χ1n) is 6.23. The van der Waals surface area contributed by atoms with Gasteiger partial charge in [-0.15, -0.1) is 11.3 Å². The molecule has 0 fully saturated rings. The molecule has 1 aromatic carbocycles. The molecule has 2 rings (SSSR count). The van der Waals surface area contributed by atoms with Gasteiger partial charge in [-0.1, -0.05) is 12.1 Å². The Bertz CT molecular complexity index is 769. The fraction of sp³-hybridized carbons (Fsp3) is 0.231. The average Bonchev–Trinajstić information content (AvgIpc) is 3.01. The molecule has 0 radical (unpaired) electrons. The summed E-state index contributed by atoms with van der Waals surface area (Å²) in [6.07, 6.45) is 0. The lowest BCUT2D eigenvalue weighted by molar-refractivity contribution is -0.385. The summed E-state index contributed by atoms with van der Waals surface area (Å²) < 4.78 is 26.6. The Labute approximate surface area is 131 Å². The highest BCUT2D eigenvalue weighted by atomic mass is 32.2. The van der Waals surface area contributed by atoms with Crippen molar-refractivity contribution in [1.29, 1.82) is 0 Å². The van der Waals surface area contributed by atoms with Crippen molar-refractivity contribution < 1.29 is 18.4 Å². The minimum absolute atomic E-state index is 0.219. The second-order valence-electron chi connectivity index (χ2n) is 4.83. The van der Waals surface area contributed by atoms with E-state index in [-0.39, 0.29) is 17.1 Å². The normalized spacial score (nSPS) is 14.5. The molecule has 0 aliphatic heterocycles. The maximum atomic E-state index is 12.2. The van der Waals surface area contributed by atoms with Crippen LogP contribution in [0.1, 0.15) is 11.8 Å². The van der Waals surface area contributed by atoms with Crippen LogP contribution in [0.15, 0.2) is 46.7 Å². The van der Waals surface area contributed by atoms with Crippen LogP contribution in [0.4, 0.5) is 5.69 Å². The van der Waals surface area contributed by atoms with E-state index in [0.29, 0.717) is 4.88 Å². The summed E-state index contributed by atoms with van der Waals surface area (Å²) in [6, 6.07) is 8.19. The van der Waals surface area contributed by atoms with E-state index < -0.39 is 20.5 Å². The second-order valence-corrected chi connectivity index (χ2v) is 7.54. The van der Waals surface area contributed by atoms with Crippen molar-refractivity contribution in [1.82, 2.24) is 4.72 Å². The van der Waals surface area contributed by atoms with Crippen LogP contribution in [-0.2, 0) is 15.6 Å². The average molecular weight is 342 g/mol. The van der Waals surface area contributed by atoms with Crippen LogP contribution in [0, 0.1) is 10.1 Å². The van der Waals surface area contributed by atoms with Gasteiger partial charge in [0.05, 0.1) is 9.82 Å². The third-order valence-electron chi connectivity index (χ3n) is 3.00. The highest BCUT2D eigenvalue weighted by Crippen LogP contribution is 2.25. The Hall–Kier alpha value is -1.81. The van der Waals surface area contributed by atoms with Gasteiger partial charge in [0, 0.05) is 23.6 Å². The predicted molar refractivity (Wildman–Crippen MR) is 82.2 cm³/mol. The van der Waals surface area contributed by atoms with Gasteiger partial charge in [-0.25, -0.2) is 13.1 Å². The molecule has 22 heavy (non-hydrogen) atoms. The number of hydrogen-bond acceptors (Lipinski definition) is 6. The predicted octanol–water partition coefficient (Wildman–Crippen LogP) is 1.84. The number of nitrogens with zero attached hydrogens (tertiary/aromatic N) is 1. The zero-order chi connectivity index (χ0) is 16.4. The molecular weight excluding hydrogens is 328 g/mol. The largest absolute Gasteiger partial charge is 0.383 e. The van der Waals surface area contributed by atoms with Gasteiger partial charge in [-0.3, -0.25) is 10.1 Å². The van der Waals surface area contributed by atoms with E-state index in [4.69, 9.17) is 0 Å². The summed E-state index contributed by atoms with van der Waals surface area (Å²) in [5.41, 5.74) is -1.67. The first-order chi connectivity index (χ1) is 10.2. The maximum Gasteiger partial charge on any atom is 0.270 e. The number of non-ortho nitro benzene ring substituents is 1. The molecule has 0 spiro atoms. The number of sulfonamides is 1. The first kappa shape index (κ1) is 16.6. The molecule has 1 heterocycles. The lowest BCUT2D eigenvalue weighted by Crippen LogP contribution is -2.38. The van der Waals surface area contributed by atoms with Crippen molar-refractivity contribution in [3.05, 3.63) is 56.8 Å². The van der Waals surface area contributed by atoms with Crippen molar-refractivity contribution >= 4 is 27.0 Å². The van der Waals surface area contributed by atoms with Gasteiger partial charge in [-0.05, 0) is 24.4 Å².